The van der Waals surface area contributed by atoms with E-state index < -0.39 is 0 Å². The van der Waals surface area contributed by atoms with E-state index in [4.69, 9.17) is 4.74 Å². The minimum Gasteiger partial charge on any atom is -0.485 e. The van der Waals surface area contributed by atoms with E-state index in [2.05, 4.69) is 0 Å². The minimum atomic E-state index is -0.0933. The summed E-state index contributed by atoms with van der Waals surface area (Å²) in [4.78, 5) is 27.4. The summed E-state index contributed by atoms with van der Waals surface area (Å²) in [5.74, 6) is 0.684. The number of carbonyl (C=O) groups excluding carboxylic acids is 2. The molecule has 0 N–H and O–H groups in total. The van der Waals surface area contributed by atoms with Crippen LogP contribution in [0.5, 0.6) is 5.75 Å². The van der Waals surface area contributed by atoms with Gasteiger partial charge in [0.1, 0.15) is 12.3 Å². The molecule has 0 spiro atoms. The molecule has 5 heteroatoms. The fourth-order valence-electron chi connectivity index (χ4n) is 3.73. The molecule has 0 aliphatic carbocycles. The van der Waals surface area contributed by atoms with Crippen molar-refractivity contribution in [2.24, 2.45) is 0 Å². The second-order valence-corrected chi connectivity index (χ2v) is 7.15. The van der Waals surface area contributed by atoms with Crippen LogP contribution < -0.4 is 4.74 Å². The summed E-state index contributed by atoms with van der Waals surface area (Å²) in [6.07, 6.45) is 5.12. The molecule has 0 unspecified atom stereocenters. The van der Waals surface area contributed by atoms with Gasteiger partial charge in [-0.1, -0.05) is 36.4 Å². The molecular weight excluding hydrogens is 352 g/mol. The molecule has 4 rings (SSSR count). The maximum Gasteiger partial charge on any atom is 0.242 e. The van der Waals surface area contributed by atoms with Gasteiger partial charge >= 0.3 is 0 Å². The lowest BCUT2D eigenvalue weighted by atomic mass is 10.1. The molecule has 0 bridgehead atoms. The Morgan fingerprint density at radius 2 is 1.61 bits per heavy atom. The molecule has 3 aromatic rings. The molecule has 144 valence electrons. The zero-order valence-corrected chi connectivity index (χ0v) is 15.8. The van der Waals surface area contributed by atoms with Crippen molar-refractivity contribution >= 4 is 22.6 Å². The molecule has 0 saturated carbocycles. The number of nitrogens with zero attached hydrogens (tertiary/aromatic N) is 2. The molecule has 1 aliphatic rings. The van der Waals surface area contributed by atoms with E-state index >= 15 is 0 Å². The number of fused-ring (bicyclic) bond motifs is 1. The Balaban J connectivity index is 1.54. The van der Waals surface area contributed by atoms with E-state index in [1.807, 2.05) is 64.1 Å². The molecule has 0 radical (unpaired) electrons. The average molecular weight is 376 g/mol. The lowest BCUT2D eigenvalue weighted by Crippen LogP contribution is -2.37. The number of benzene rings is 2. The summed E-state index contributed by atoms with van der Waals surface area (Å²) in [5, 5.41) is 0.857. The Kier molecular flexibility index (Phi) is 5.42. The van der Waals surface area contributed by atoms with Crippen LogP contribution in [-0.4, -0.2) is 40.9 Å². The number of aromatic nitrogens is 1. The third-order valence-electron chi connectivity index (χ3n) is 5.22. The highest BCUT2D eigenvalue weighted by atomic mass is 16.5. The third kappa shape index (κ3) is 3.93. The molecule has 1 fully saturated rings. The number of hydrogen-bond donors (Lipinski definition) is 0. The van der Waals surface area contributed by atoms with E-state index in [1.165, 1.54) is 6.42 Å². The number of ether oxygens (including phenoxy) is 1. The number of rotatable bonds is 6. The molecule has 1 amide bonds. The van der Waals surface area contributed by atoms with Gasteiger partial charge in [-0.15, -0.1) is 0 Å². The fourth-order valence-corrected chi connectivity index (χ4v) is 3.73. The van der Waals surface area contributed by atoms with E-state index in [9.17, 15) is 9.59 Å². The van der Waals surface area contributed by atoms with Gasteiger partial charge in [-0.3, -0.25) is 9.59 Å². The molecule has 0 atom stereocenters. The maximum atomic E-state index is 12.8. The summed E-state index contributed by atoms with van der Waals surface area (Å²) in [6, 6.07) is 17.0. The molecular formula is C23H24N2O3. The zero-order valence-electron chi connectivity index (χ0n) is 15.8. The van der Waals surface area contributed by atoms with Gasteiger partial charge in [0.15, 0.2) is 6.61 Å². The highest BCUT2D eigenvalue weighted by molar-refractivity contribution is 6.09. The quantitative estimate of drug-likeness (QED) is 0.613. The van der Waals surface area contributed by atoms with Crippen molar-refractivity contribution in [3.8, 4) is 5.75 Å². The van der Waals surface area contributed by atoms with Crippen LogP contribution in [0.2, 0.25) is 0 Å². The topological polar surface area (TPSA) is 51.5 Å². The molecule has 1 aromatic heterocycles. The minimum absolute atomic E-state index is 0.0297. The molecule has 2 aromatic carbocycles. The third-order valence-corrected chi connectivity index (χ3v) is 5.22. The van der Waals surface area contributed by atoms with Gasteiger partial charge in [-0.25, -0.2) is 0 Å². The van der Waals surface area contributed by atoms with Crippen LogP contribution in [0.4, 0.5) is 0 Å². The monoisotopic (exact) mass is 376 g/mol. The van der Waals surface area contributed by atoms with Crippen LogP contribution in [0.15, 0.2) is 60.8 Å². The summed E-state index contributed by atoms with van der Waals surface area (Å²) >= 11 is 0. The number of likely N-dealkylation sites (tertiary alicyclic amines) is 1. The highest BCUT2D eigenvalue weighted by Gasteiger charge is 2.20. The fraction of sp³-hybridized carbons (Fsp3) is 0.304. The van der Waals surface area contributed by atoms with Crippen molar-refractivity contribution in [2.45, 2.75) is 25.8 Å². The number of hydrogen-bond acceptors (Lipinski definition) is 3. The van der Waals surface area contributed by atoms with E-state index in [0.717, 1.165) is 36.8 Å². The Morgan fingerprint density at radius 3 is 2.39 bits per heavy atom. The Bertz CT molecular complexity index is 972. The summed E-state index contributed by atoms with van der Waals surface area (Å²) in [5.41, 5.74) is 1.49. The number of carbonyl (C=O) groups is 2. The number of amides is 1. The van der Waals surface area contributed by atoms with Crippen LogP contribution in [0.25, 0.3) is 10.9 Å². The molecule has 2 heterocycles. The Labute approximate surface area is 164 Å². The first-order valence-corrected chi connectivity index (χ1v) is 9.79. The number of Topliss-reactive ketones (excluding diaryl/α,β-unsaturated/α-hetero) is 1. The smallest absolute Gasteiger partial charge is 0.242 e. The molecule has 5 nitrogen and oxygen atoms in total. The second-order valence-electron chi connectivity index (χ2n) is 7.15. The van der Waals surface area contributed by atoms with Crippen molar-refractivity contribution in [3.05, 3.63) is 66.4 Å². The van der Waals surface area contributed by atoms with Crippen LogP contribution in [0, 0.1) is 0 Å². The first-order chi connectivity index (χ1) is 13.7. The summed E-state index contributed by atoms with van der Waals surface area (Å²) < 4.78 is 7.51. The average Bonchev–Trinajstić information content (AvgIpc) is 3.12. The number of ketones is 1. The van der Waals surface area contributed by atoms with Gasteiger partial charge in [-0.2, -0.15) is 0 Å². The van der Waals surface area contributed by atoms with E-state index in [0.29, 0.717) is 11.3 Å². The Hall–Kier alpha value is -3.08. The number of piperidine rings is 1. The van der Waals surface area contributed by atoms with Gasteiger partial charge in [0.25, 0.3) is 0 Å². The number of para-hydroxylation sites is 2. The van der Waals surface area contributed by atoms with Crippen LogP contribution in [0.3, 0.4) is 0 Å². The van der Waals surface area contributed by atoms with Gasteiger partial charge in [0.2, 0.25) is 11.7 Å². The lowest BCUT2D eigenvalue weighted by molar-refractivity contribution is -0.132. The molecule has 1 aliphatic heterocycles. The van der Waals surface area contributed by atoms with E-state index in [-0.39, 0.29) is 24.8 Å². The van der Waals surface area contributed by atoms with Gasteiger partial charge in [0, 0.05) is 35.8 Å². The maximum absolute atomic E-state index is 12.8. The van der Waals surface area contributed by atoms with Crippen molar-refractivity contribution in [1.29, 1.82) is 0 Å². The second kappa shape index (κ2) is 8.30. The van der Waals surface area contributed by atoms with Crippen LogP contribution in [0.1, 0.15) is 29.6 Å². The normalized spacial score (nSPS) is 14.2. The zero-order chi connectivity index (χ0) is 19.3. The standard InChI is InChI=1S/C23H24N2O3/c26-22(17-28-18-9-3-1-4-10-18)20-15-25(21-12-6-5-11-19(20)21)16-23(27)24-13-7-2-8-14-24/h1,3-6,9-12,15H,2,7-8,13-14,16-17H2. The van der Waals surface area contributed by atoms with E-state index in [1.54, 1.807) is 6.20 Å². The first kappa shape index (κ1) is 18.3. The molecule has 1 saturated heterocycles. The van der Waals surface area contributed by atoms with Crippen molar-refractivity contribution in [1.82, 2.24) is 9.47 Å². The van der Waals surface area contributed by atoms with Gasteiger partial charge in [-0.05, 0) is 37.5 Å². The first-order valence-electron chi connectivity index (χ1n) is 9.79. The van der Waals surface area contributed by atoms with Crippen LogP contribution >= 0.6 is 0 Å². The van der Waals surface area contributed by atoms with Crippen molar-refractivity contribution in [2.75, 3.05) is 19.7 Å². The predicted octanol–water partition coefficient (Wildman–Crippen LogP) is 3.92. The van der Waals surface area contributed by atoms with Crippen molar-refractivity contribution < 1.29 is 14.3 Å². The predicted molar refractivity (Wildman–Crippen MR) is 109 cm³/mol. The Morgan fingerprint density at radius 1 is 0.893 bits per heavy atom. The van der Waals surface area contributed by atoms with Gasteiger partial charge < -0.3 is 14.2 Å². The van der Waals surface area contributed by atoms with Crippen LogP contribution in [-0.2, 0) is 11.3 Å². The largest absolute Gasteiger partial charge is 0.485 e. The summed E-state index contributed by atoms with van der Waals surface area (Å²) in [7, 11) is 0. The SMILES string of the molecule is O=C(COc1ccccc1)c1cn(CC(=O)N2CCCCC2)c2ccccc12. The summed E-state index contributed by atoms with van der Waals surface area (Å²) in [6.45, 7) is 1.88. The lowest BCUT2D eigenvalue weighted by Gasteiger charge is -2.27. The van der Waals surface area contributed by atoms with Crippen molar-refractivity contribution in [3.63, 3.8) is 0 Å². The molecule has 28 heavy (non-hydrogen) atoms. The highest BCUT2D eigenvalue weighted by Crippen LogP contribution is 2.23. The van der Waals surface area contributed by atoms with Gasteiger partial charge in [0.05, 0.1) is 0 Å².